The van der Waals surface area contributed by atoms with Crippen LogP contribution in [0.15, 0.2) is 53.4 Å². The Labute approximate surface area is 128 Å². The minimum atomic E-state index is -1.04. The smallest absolute Gasteiger partial charge is 0.0655 e. The van der Waals surface area contributed by atoms with Crippen molar-refractivity contribution in [3.05, 3.63) is 65.2 Å². The Morgan fingerprint density at radius 2 is 1.81 bits per heavy atom. The quantitative estimate of drug-likeness (QED) is 0.920. The molecule has 3 heteroatoms. The van der Waals surface area contributed by atoms with Gasteiger partial charge in [0.25, 0.3) is 0 Å². The number of hydrogen-bond acceptors (Lipinski definition) is 2. The van der Waals surface area contributed by atoms with Crippen LogP contribution in [0.4, 0.5) is 0 Å². The molecule has 2 atom stereocenters. The van der Waals surface area contributed by atoms with Crippen molar-refractivity contribution >= 4 is 10.8 Å². The van der Waals surface area contributed by atoms with Gasteiger partial charge in [-0.15, -0.1) is 0 Å². The Bertz CT molecular complexity index is 639. The van der Waals surface area contributed by atoms with E-state index in [0.717, 1.165) is 29.7 Å². The average Bonchev–Trinajstić information content (AvgIpc) is 3.00. The molecule has 0 bridgehead atoms. The molecule has 21 heavy (non-hydrogen) atoms. The van der Waals surface area contributed by atoms with E-state index in [0.29, 0.717) is 6.54 Å². The van der Waals surface area contributed by atoms with E-state index in [4.69, 9.17) is 5.73 Å². The van der Waals surface area contributed by atoms with Crippen LogP contribution >= 0.6 is 0 Å². The SMILES string of the molecule is NCCC(c1ccccc1)S(=O)c1ccc2c(c1)CCC2. The molecule has 2 nitrogen and oxygen atoms in total. The highest BCUT2D eigenvalue weighted by molar-refractivity contribution is 7.85. The first-order valence-corrected chi connectivity index (χ1v) is 8.78. The molecule has 0 amide bonds. The third-order valence-corrected chi connectivity index (χ3v) is 5.90. The van der Waals surface area contributed by atoms with Gasteiger partial charge in [-0.05, 0) is 61.1 Å². The predicted molar refractivity (Wildman–Crippen MR) is 87.7 cm³/mol. The minimum absolute atomic E-state index is 0.0179. The van der Waals surface area contributed by atoms with Crippen molar-refractivity contribution in [3.63, 3.8) is 0 Å². The lowest BCUT2D eigenvalue weighted by atomic mass is 10.1. The molecule has 2 aromatic rings. The van der Waals surface area contributed by atoms with Crippen LogP contribution in [0.25, 0.3) is 0 Å². The first-order chi connectivity index (χ1) is 10.3. The molecular weight excluding hydrogens is 278 g/mol. The average molecular weight is 299 g/mol. The standard InChI is InChI=1S/C18H21NOS/c19-12-11-18(15-5-2-1-3-6-15)21(20)17-10-9-14-7-4-8-16(14)13-17/h1-3,5-6,9-10,13,18H,4,7-8,11-12,19H2. The molecule has 0 aromatic heterocycles. The van der Waals surface area contributed by atoms with Crippen molar-refractivity contribution in [2.24, 2.45) is 5.73 Å². The molecule has 2 unspecified atom stereocenters. The van der Waals surface area contributed by atoms with Crippen LogP contribution in [0.2, 0.25) is 0 Å². The Balaban J connectivity index is 1.91. The number of benzene rings is 2. The van der Waals surface area contributed by atoms with Gasteiger partial charge in [0.15, 0.2) is 0 Å². The molecule has 1 aliphatic carbocycles. The second-order valence-electron chi connectivity index (χ2n) is 5.56. The summed E-state index contributed by atoms with van der Waals surface area (Å²) in [7, 11) is -1.04. The van der Waals surface area contributed by atoms with E-state index in [2.05, 4.69) is 12.1 Å². The number of nitrogens with two attached hydrogens (primary N) is 1. The molecule has 0 aliphatic heterocycles. The van der Waals surface area contributed by atoms with E-state index >= 15 is 0 Å². The third kappa shape index (κ3) is 3.09. The lowest BCUT2D eigenvalue weighted by Gasteiger charge is -2.17. The summed E-state index contributed by atoms with van der Waals surface area (Å²) in [4.78, 5) is 0.943. The van der Waals surface area contributed by atoms with E-state index in [1.807, 2.05) is 36.4 Å². The van der Waals surface area contributed by atoms with Gasteiger partial charge in [-0.2, -0.15) is 0 Å². The highest BCUT2D eigenvalue weighted by atomic mass is 32.2. The summed E-state index contributed by atoms with van der Waals surface area (Å²) in [5, 5.41) is -0.0179. The van der Waals surface area contributed by atoms with Crippen molar-refractivity contribution in [1.82, 2.24) is 0 Å². The molecule has 0 saturated heterocycles. The van der Waals surface area contributed by atoms with Crippen molar-refractivity contribution in [1.29, 1.82) is 0 Å². The van der Waals surface area contributed by atoms with Gasteiger partial charge in [-0.25, -0.2) is 0 Å². The van der Waals surface area contributed by atoms with Gasteiger partial charge < -0.3 is 5.73 Å². The van der Waals surface area contributed by atoms with Gasteiger partial charge in [-0.3, -0.25) is 4.21 Å². The number of aryl methyl sites for hydroxylation is 2. The first-order valence-electron chi connectivity index (χ1n) is 7.57. The molecule has 2 aromatic carbocycles. The second kappa shape index (κ2) is 6.54. The molecule has 1 aliphatic rings. The van der Waals surface area contributed by atoms with Crippen LogP contribution in [-0.2, 0) is 23.6 Å². The maximum atomic E-state index is 13.0. The Morgan fingerprint density at radius 1 is 1.05 bits per heavy atom. The number of rotatable bonds is 5. The van der Waals surface area contributed by atoms with Crippen LogP contribution in [0, 0.1) is 0 Å². The Hall–Kier alpha value is -1.45. The third-order valence-electron chi connectivity index (χ3n) is 4.16. The first kappa shape index (κ1) is 14.5. The summed E-state index contributed by atoms with van der Waals surface area (Å²) in [5.74, 6) is 0. The van der Waals surface area contributed by atoms with E-state index in [-0.39, 0.29) is 5.25 Å². The molecule has 0 fully saturated rings. The Kier molecular flexibility index (Phi) is 4.51. The fraction of sp³-hybridized carbons (Fsp3) is 0.333. The zero-order valence-electron chi connectivity index (χ0n) is 12.1. The maximum absolute atomic E-state index is 13.0. The minimum Gasteiger partial charge on any atom is -0.330 e. The fourth-order valence-corrected chi connectivity index (χ4v) is 4.60. The lowest BCUT2D eigenvalue weighted by Crippen LogP contribution is -2.13. The summed E-state index contributed by atoms with van der Waals surface area (Å²) in [6.07, 6.45) is 4.24. The van der Waals surface area contributed by atoms with Gasteiger partial charge in [0.1, 0.15) is 0 Å². The largest absolute Gasteiger partial charge is 0.330 e. The van der Waals surface area contributed by atoms with Crippen molar-refractivity contribution in [2.75, 3.05) is 6.54 Å². The molecule has 3 rings (SSSR count). The maximum Gasteiger partial charge on any atom is 0.0655 e. The van der Waals surface area contributed by atoms with Gasteiger partial charge >= 0.3 is 0 Å². The van der Waals surface area contributed by atoms with E-state index in [9.17, 15) is 4.21 Å². The van der Waals surface area contributed by atoms with Crippen LogP contribution in [-0.4, -0.2) is 10.8 Å². The van der Waals surface area contributed by atoms with Crippen molar-refractivity contribution in [3.8, 4) is 0 Å². The molecule has 0 radical (unpaired) electrons. The topological polar surface area (TPSA) is 43.1 Å². The normalized spacial score (nSPS) is 16.4. The van der Waals surface area contributed by atoms with Gasteiger partial charge in [-0.1, -0.05) is 36.4 Å². The molecule has 110 valence electrons. The lowest BCUT2D eigenvalue weighted by molar-refractivity contribution is 0.664. The predicted octanol–water partition coefficient (Wildman–Crippen LogP) is 3.37. The molecule has 0 saturated carbocycles. The summed E-state index contributed by atoms with van der Waals surface area (Å²) in [6, 6.07) is 16.4. The Morgan fingerprint density at radius 3 is 2.57 bits per heavy atom. The van der Waals surface area contributed by atoms with Gasteiger partial charge in [0, 0.05) is 4.90 Å². The zero-order valence-corrected chi connectivity index (χ0v) is 12.9. The molecular formula is C18H21NOS. The summed E-state index contributed by atoms with van der Waals surface area (Å²) < 4.78 is 13.0. The van der Waals surface area contributed by atoms with Gasteiger partial charge in [0.05, 0.1) is 16.0 Å². The molecule has 0 spiro atoms. The van der Waals surface area contributed by atoms with E-state index < -0.39 is 10.8 Å². The van der Waals surface area contributed by atoms with Crippen LogP contribution in [0.5, 0.6) is 0 Å². The molecule has 2 N–H and O–H groups in total. The van der Waals surface area contributed by atoms with E-state index in [1.165, 1.54) is 17.5 Å². The van der Waals surface area contributed by atoms with Crippen LogP contribution in [0.1, 0.15) is 34.8 Å². The summed E-state index contributed by atoms with van der Waals surface area (Å²) >= 11 is 0. The monoisotopic (exact) mass is 299 g/mol. The summed E-state index contributed by atoms with van der Waals surface area (Å²) in [6.45, 7) is 0.552. The van der Waals surface area contributed by atoms with Crippen LogP contribution in [0.3, 0.4) is 0 Å². The number of fused-ring (bicyclic) bond motifs is 1. The zero-order chi connectivity index (χ0) is 14.7. The number of hydrogen-bond donors (Lipinski definition) is 1. The fourth-order valence-electron chi connectivity index (χ4n) is 3.05. The van der Waals surface area contributed by atoms with Crippen LogP contribution < -0.4 is 5.73 Å². The summed E-state index contributed by atoms with van der Waals surface area (Å²) in [5.41, 5.74) is 9.65. The van der Waals surface area contributed by atoms with Crippen molar-refractivity contribution < 1.29 is 4.21 Å². The second-order valence-corrected chi connectivity index (χ2v) is 7.19. The highest BCUT2D eigenvalue weighted by Gasteiger charge is 2.21. The van der Waals surface area contributed by atoms with Gasteiger partial charge in [0.2, 0.25) is 0 Å². The molecule has 0 heterocycles. The highest BCUT2D eigenvalue weighted by Crippen LogP contribution is 2.31. The van der Waals surface area contributed by atoms with Crippen molar-refractivity contribution in [2.45, 2.75) is 35.8 Å². The van der Waals surface area contributed by atoms with E-state index in [1.54, 1.807) is 0 Å².